The molecule has 0 radical (unpaired) electrons. The number of benzene rings is 5. The molecule has 0 spiro atoms. The Morgan fingerprint density at radius 3 is 1.54 bits per heavy atom. The van der Waals surface area contributed by atoms with Gasteiger partial charge in [0, 0.05) is 18.7 Å². The summed E-state index contributed by atoms with van der Waals surface area (Å²) in [6.07, 6.45) is 0. The van der Waals surface area contributed by atoms with Crippen LogP contribution in [-0.2, 0) is 13.1 Å². The van der Waals surface area contributed by atoms with Crippen molar-refractivity contribution in [1.29, 1.82) is 0 Å². The third-order valence-corrected chi connectivity index (χ3v) is 6.63. The van der Waals surface area contributed by atoms with Gasteiger partial charge in [0.25, 0.3) is 0 Å². The molecule has 0 saturated heterocycles. The smallest absolute Gasteiger partial charge is 0.176 e. The molecule has 0 aliphatic heterocycles. The summed E-state index contributed by atoms with van der Waals surface area (Å²) >= 11 is 0. The fourth-order valence-corrected chi connectivity index (χ4v) is 4.46. The summed E-state index contributed by atoms with van der Waals surface area (Å²) in [6, 6.07) is 41.6. The van der Waals surface area contributed by atoms with Crippen molar-refractivity contribution in [2.75, 3.05) is 6.54 Å². The van der Waals surface area contributed by atoms with Crippen LogP contribution < -0.4 is 9.47 Å². The first-order valence-electron chi connectivity index (χ1n) is 13.5. The summed E-state index contributed by atoms with van der Waals surface area (Å²) in [7, 11) is 0. The number of carbonyl (C=O) groups is 1. The Labute approximate surface area is 248 Å². The van der Waals surface area contributed by atoms with Crippen molar-refractivity contribution in [3.05, 3.63) is 155 Å². The Bertz CT molecular complexity index is 1490. The molecule has 0 fully saturated rings. The molecule has 0 N–H and O–H groups in total. The molecule has 5 aromatic carbocycles. The van der Waals surface area contributed by atoms with E-state index in [-0.39, 0.29) is 24.7 Å². The van der Waals surface area contributed by atoms with Gasteiger partial charge in [0.1, 0.15) is 11.5 Å². The Morgan fingerprint density at radius 2 is 1.05 bits per heavy atom. The summed E-state index contributed by atoms with van der Waals surface area (Å²) in [5.41, 5.74) is 5.20. The van der Waals surface area contributed by atoms with Gasteiger partial charge >= 0.3 is 0 Å². The van der Waals surface area contributed by atoms with Crippen LogP contribution in [0.2, 0.25) is 0 Å². The van der Waals surface area contributed by atoms with Crippen LogP contribution in [0.4, 0.5) is 0 Å². The average Bonchev–Trinajstić information content (AvgIpc) is 2.97. The van der Waals surface area contributed by atoms with Crippen LogP contribution in [0.15, 0.2) is 127 Å². The Kier molecular flexibility index (Phi) is 10.3. The zero-order valence-corrected chi connectivity index (χ0v) is 24.1. The van der Waals surface area contributed by atoms with E-state index >= 15 is 0 Å². The summed E-state index contributed by atoms with van der Waals surface area (Å²) in [4.78, 5) is 15.8. The highest BCUT2D eigenvalue weighted by atomic mass is 35.5. The lowest BCUT2D eigenvalue weighted by atomic mass is 10.1. The second-order valence-electron chi connectivity index (χ2n) is 10.0. The van der Waals surface area contributed by atoms with E-state index in [0.29, 0.717) is 41.7 Å². The third kappa shape index (κ3) is 8.55. The summed E-state index contributed by atoms with van der Waals surface area (Å²) in [6.45, 7) is 5.68. The number of halogens is 1. The maximum absolute atomic E-state index is 13.7. The van der Waals surface area contributed by atoms with Gasteiger partial charge in [-0.1, -0.05) is 96.1 Å². The number of carbonyl (C=O) groups excluding carboxylic acids is 1. The normalized spacial score (nSPS) is 10.6. The Balaban J connectivity index is 0.00000387. The maximum Gasteiger partial charge on any atom is 0.176 e. The highest BCUT2D eigenvalue weighted by molar-refractivity contribution is 5.98. The van der Waals surface area contributed by atoms with Gasteiger partial charge in [0.15, 0.2) is 17.3 Å². The predicted octanol–water partition coefficient (Wildman–Crippen LogP) is 9.19. The molecule has 208 valence electrons. The number of hydrogen-bond donors (Lipinski definition) is 0. The van der Waals surface area contributed by atoms with Gasteiger partial charge in [-0.3, -0.25) is 9.69 Å². The Morgan fingerprint density at radius 1 is 0.585 bits per heavy atom. The largest absolute Gasteiger partial charge is 0.453 e. The first-order chi connectivity index (χ1) is 19.5. The van der Waals surface area contributed by atoms with Crippen LogP contribution in [0.1, 0.15) is 32.6 Å². The first-order valence-corrected chi connectivity index (χ1v) is 13.5. The molecular weight excluding hydrogens is 530 g/mol. The molecule has 4 nitrogen and oxygen atoms in total. The van der Waals surface area contributed by atoms with Crippen LogP contribution in [0, 0.1) is 13.8 Å². The standard InChI is InChI=1S/C36H33NO3.ClH/c1-27-13-18-32(19-14-27)39-35-22-17-31(23-36(35)40-33-20-15-28(2)16-21-33)34(38)26-37(24-29-9-5-3-6-10-29)25-30-11-7-4-8-12-30;/h3-23H,24-26H2,1-2H3;1H. The monoisotopic (exact) mass is 563 g/mol. The van der Waals surface area contributed by atoms with Crippen LogP contribution in [-0.4, -0.2) is 17.2 Å². The van der Waals surface area contributed by atoms with E-state index in [1.165, 1.54) is 0 Å². The Hall–Kier alpha value is -4.38. The second-order valence-corrected chi connectivity index (χ2v) is 10.0. The van der Waals surface area contributed by atoms with E-state index in [2.05, 4.69) is 29.2 Å². The van der Waals surface area contributed by atoms with Crippen molar-refractivity contribution in [1.82, 2.24) is 4.90 Å². The lowest BCUT2D eigenvalue weighted by Gasteiger charge is -2.22. The first kappa shape index (κ1) is 29.6. The van der Waals surface area contributed by atoms with Crippen molar-refractivity contribution in [3.8, 4) is 23.0 Å². The van der Waals surface area contributed by atoms with Gasteiger partial charge in [-0.25, -0.2) is 0 Å². The van der Waals surface area contributed by atoms with E-state index in [1.54, 1.807) is 6.07 Å². The van der Waals surface area contributed by atoms with Gasteiger partial charge in [-0.2, -0.15) is 0 Å². The van der Waals surface area contributed by atoms with Crippen molar-refractivity contribution in [2.45, 2.75) is 26.9 Å². The molecule has 0 atom stereocenters. The van der Waals surface area contributed by atoms with Crippen LogP contribution in [0.3, 0.4) is 0 Å². The van der Waals surface area contributed by atoms with E-state index in [4.69, 9.17) is 9.47 Å². The second kappa shape index (κ2) is 14.3. The highest BCUT2D eigenvalue weighted by Gasteiger charge is 2.17. The quantitative estimate of drug-likeness (QED) is 0.150. The van der Waals surface area contributed by atoms with Crippen LogP contribution in [0.5, 0.6) is 23.0 Å². The van der Waals surface area contributed by atoms with Crippen molar-refractivity contribution < 1.29 is 14.3 Å². The SMILES string of the molecule is Cc1ccc(Oc2ccc(C(=O)CN(Cc3ccccc3)Cc3ccccc3)cc2Oc2ccc(C)cc2)cc1.Cl. The van der Waals surface area contributed by atoms with Gasteiger partial charge < -0.3 is 9.47 Å². The average molecular weight is 564 g/mol. The minimum atomic E-state index is 0. The minimum Gasteiger partial charge on any atom is -0.453 e. The zero-order chi connectivity index (χ0) is 27.7. The summed E-state index contributed by atoms with van der Waals surface area (Å²) < 4.78 is 12.4. The van der Waals surface area contributed by atoms with E-state index in [9.17, 15) is 4.79 Å². The molecule has 0 amide bonds. The fraction of sp³-hybridized carbons (Fsp3) is 0.139. The fourth-order valence-electron chi connectivity index (χ4n) is 4.46. The lowest BCUT2D eigenvalue weighted by Crippen LogP contribution is -2.29. The van der Waals surface area contributed by atoms with Crippen LogP contribution >= 0.6 is 12.4 Å². The molecule has 0 saturated carbocycles. The molecule has 5 aromatic rings. The number of ketones is 1. The minimum absolute atomic E-state index is 0. The van der Waals surface area contributed by atoms with Crippen molar-refractivity contribution >= 4 is 18.2 Å². The molecule has 0 aromatic heterocycles. The zero-order valence-electron chi connectivity index (χ0n) is 23.3. The number of rotatable bonds is 11. The van der Waals surface area contributed by atoms with Crippen molar-refractivity contribution in [2.24, 2.45) is 0 Å². The topological polar surface area (TPSA) is 38.8 Å². The van der Waals surface area contributed by atoms with E-state index < -0.39 is 0 Å². The van der Waals surface area contributed by atoms with Gasteiger partial charge in [-0.15, -0.1) is 12.4 Å². The lowest BCUT2D eigenvalue weighted by molar-refractivity contribution is 0.0920. The highest BCUT2D eigenvalue weighted by Crippen LogP contribution is 2.36. The molecule has 41 heavy (non-hydrogen) atoms. The summed E-state index contributed by atoms with van der Waals surface area (Å²) in [5.74, 6) is 2.44. The molecule has 5 rings (SSSR count). The molecule has 0 bridgehead atoms. The number of hydrogen-bond acceptors (Lipinski definition) is 4. The molecule has 0 aliphatic carbocycles. The number of Topliss-reactive ketones (excluding diaryl/α,β-unsaturated/α-hetero) is 1. The molecule has 5 heteroatoms. The molecule has 0 unspecified atom stereocenters. The number of ether oxygens (including phenoxy) is 2. The molecule has 0 aliphatic rings. The van der Waals surface area contributed by atoms with Gasteiger partial charge in [0.2, 0.25) is 0 Å². The maximum atomic E-state index is 13.7. The predicted molar refractivity (Wildman–Crippen MR) is 168 cm³/mol. The number of nitrogens with zero attached hydrogens (tertiary/aromatic N) is 1. The van der Waals surface area contributed by atoms with E-state index in [0.717, 1.165) is 22.3 Å². The van der Waals surface area contributed by atoms with Crippen LogP contribution in [0.25, 0.3) is 0 Å². The summed E-state index contributed by atoms with van der Waals surface area (Å²) in [5, 5.41) is 0. The van der Waals surface area contributed by atoms with E-state index in [1.807, 2.05) is 111 Å². The molecular formula is C36H34ClNO3. The van der Waals surface area contributed by atoms with Crippen molar-refractivity contribution in [3.63, 3.8) is 0 Å². The van der Waals surface area contributed by atoms with Gasteiger partial charge in [0.05, 0.1) is 6.54 Å². The van der Waals surface area contributed by atoms with Gasteiger partial charge in [-0.05, 0) is 67.4 Å². The molecule has 0 heterocycles. The third-order valence-electron chi connectivity index (χ3n) is 6.63. The number of aryl methyl sites for hydroxylation is 2.